The second-order valence-electron chi connectivity index (χ2n) is 10.1. The van der Waals surface area contributed by atoms with E-state index in [0.717, 1.165) is 81.8 Å². The molecule has 0 aromatic carbocycles. The zero-order valence-electron chi connectivity index (χ0n) is 21.3. The molecule has 0 amide bonds. The average molecular weight is 507 g/mol. The number of nitrogens with zero attached hydrogens (tertiary/aromatic N) is 5. The van der Waals surface area contributed by atoms with Crippen LogP contribution in [0.1, 0.15) is 61.1 Å². The summed E-state index contributed by atoms with van der Waals surface area (Å²) in [6, 6.07) is 5.77. The van der Waals surface area contributed by atoms with Gasteiger partial charge >= 0.3 is 5.97 Å². The fraction of sp³-hybridized carbons (Fsp3) is 0.556. The fourth-order valence-electron chi connectivity index (χ4n) is 5.81. The van der Waals surface area contributed by atoms with Crippen LogP contribution in [0.4, 0.5) is 5.69 Å². The highest BCUT2D eigenvalue weighted by Crippen LogP contribution is 2.43. The molecule has 5 heterocycles. The van der Waals surface area contributed by atoms with E-state index in [0.29, 0.717) is 23.3 Å². The number of hydrogen-bond acceptors (Lipinski definition) is 8. The molecule has 0 spiro atoms. The number of ether oxygens (including phenoxy) is 2. The molecular formula is C27H34N6O4. The number of aromatic nitrogens is 4. The van der Waals surface area contributed by atoms with Crippen molar-refractivity contribution in [1.82, 2.24) is 24.6 Å². The molecule has 3 aromatic heterocycles. The summed E-state index contributed by atoms with van der Waals surface area (Å²) in [7, 11) is 0. The topological polar surface area (TPSA) is 106 Å². The van der Waals surface area contributed by atoms with Gasteiger partial charge in [-0.3, -0.25) is 9.69 Å². The molecule has 1 saturated carbocycles. The van der Waals surface area contributed by atoms with Crippen molar-refractivity contribution in [2.75, 3.05) is 50.9 Å². The van der Waals surface area contributed by atoms with Crippen molar-refractivity contribution < 1.29 is 14.3 Å². The van der Waals surface area contributed by atoms with Crippen molar-refractivity contribution in [1.29, 1.82) is 0 Å². The third-order valence-electron chi connectivity index (χ3n) is 7.99. The molecule has 196 valence electrons. The molecule has 10 heteroatoms. The summed E-state index contributed by atoms with van der Waals surface area (Å²) in [5.74, 6) is -0.0941. The number of carbonyl (C=O) groups excluding carboxylic acids is 1. The van der Waals surface area contributed by atoms with Gasteiger partial charge in [0.05, 0.1) is 42.3 Å². The van der Waals surface area contributed by atoms with Gasteiger partial charge in [0.25, 0.3) is 0 Å². The Bertz CT molecular complexity index is 1330. The molecule has 3 aromatic rings. The zero-order chi connectivity index (χ0) is 25.4. The Labute approximate surface area is 215 Å². The largest absolute Gasteiger partial charge is 0.461 e. The summed E-state index contributed by atoms with van der Waals surface area (Å²) < 4.78 is 12.6. The van der Waals surface area contributed by atoms with E-state index in [1.54, 1.807) is 17.8 Å². The van der Waals surface area contributed by atoms with Crippen LogP contribution in [-0.2, 0) is 9.47 Å². The maximum absolute atomic E-state index is 12.9. The molecule has 3 fully saturated rings. The number of H-pyrrole nitrogens is 1. The van der Waals surface area contributed by atoms with E-state index < -0.39 is 5.97 Å². The third kappa shape index (κ3) is 4.64. The van der Waals surface area contributed by atoms with Gasteiger partial charge in [0.2, 0.25) is 5.56 Å². The van der Waals surface area contributed by atoms with E-state index in [1.807, 2.05) is 12.1 Å². The Hall–Kier alpha value is -3.24. The number of nitrogens with one attached hydrogen (secondary N) is 1. The summed E-state index contributed by atoms with van der Waals surface area (Å²) in [6.45, 7) is 7.45. The standard InChI is InChI=1S/C27H34N6O4/c1-2-37-27(35)21-17-22(32-10-7-19(8-11-32)31-12-14-36-15-13-31)24-25(18-4-3-5-18)30-33(26(24)29-21)20-6-9-28-23(34)16-20/h6,9,16-19H,2-5,7-8,10-15H2,1H3,(H,28,34). The number of piperidine rings is 1. The fourth-order valence-corrected chi connectivity index (χ4v) is 5.81. The zero-order valence-corrected chi connectivity index (χ0v) is 21.3. The number of carbonyl (C=O) groups is 1. The third-order valence-corrected chi connectivity index (χ3v) is 7.99. The van der Waals surface area contributed by atoms with E-state index in [-0.39, 0.29) is 17.9 Å². The summed E-state index contributed by atoms with van der Waals surface area (Å²) in [5.41, 5.74) is 3.29. The highest BCUT2D eigenvalue weighted by Gasteiger charge is 2.32. The van der Waals surface area contributed by atoms with Gasteiger partial charge in [-0.05, 0) is 44.7 Å². The number of morpholine rings is 1. The van der Waals surface area contributed by atoms with Crippen LogP contribution in [0.3, 0.4) is 0 Å². The van der Waals surface area contributed by atoms with E-state index in [1.165, 1.54) is 12.5 Å². The number of aromatic amines is 1. The normalized spacial score (nSPS) is 19.8. The molecule has 0 unspecified atom stereocenters. The highest BCUT2D eigenvalue weighted by atomic mass is 16.5. The molecule has 1 N–H and O–H groups in total. The Morgan fingerprint density at radius 1 is 1.14 bits per heavy atom. The first-order valence-electron chi connectivity index (χ1n) is 13.5. The van der Waals surface area contributed by atoms with Crippen LogP contribution in [0.2, 0.25) is 0 Å². The predicted octanol–water partition coefficient (Wildman–Crippen LogP) is 2.85. The minimum Gasteiger partial charge on any atom is -0.461 e. The Kier molecular flexibility index (Phi) is 6.69. The second kappa shape index (κ2) is 10.3. The summed E-state index contributed by atoms with van der Waals surface area (Å²) in [4.78, 5) is 37.4. The monoisotopic (exact) mass is 506 g/mol. The minimum absolute atomic E-state index is 0.210. The number of rotatable bonds is 6. The number of fused-ring (bicyclic) bond motifs is 1. The van der Waals surface area contributed by atoms with E-state index >= 15 is 0 Å². The first-order chi connectivity index (χ1) is 18.1. The molecule has 37 heavy (non-hydrogen) atoms. The summed E-state index contributed by atoms with van der Waals surface area (Å²) >= 11 is 0. The van der Waals surface area contributed by atoms with Crippen LogP contribution in [0.15, 0.2) is 29.2 Å². The molecule has 10 nitrogen and oxygen atoms in total. The van der Waals surface area contributed by atoms with Crippen molar-refractivity contribution in [3.63, 3.8) is 0 Å². The molecule has 0 radical (unpaired) electrons. The van der Waals surface area contributed by atoms with Crippen molar-refractivity contribution in [2.24, 2.45) is 0 Å². The Morgan fingerprint density at radius 2 is 1.92 bits per heavy atom. The van der Waals surface area contributed by atoms with Crippen LogP contribution in [0.25, 0.3) is 16.7 Å². The summed E-state index contributed by atoms with van der Waals surface area (Å²) in [5, 5.41) is 6.00. The van der Waals surface area contributed by atoms with Crippen LogP contribution in [0.5, 0.6) is 0 Å². The van der Waals surface area contributed by atoms with Gasteiger partial charge < -0.3 is 19.4 Å². The maximum Gasteiger partial charge on any atom is 0.357 e. The second-order valence-corrected chi connectivity index (χ2v) is 10.1. The quantitative estimate of drug-likeness (QED) is 0.509. The molecule has 3 aliphatic rings. The van der Waals surface area contributed by atoms with Gasteiger partial charge in [-0.2, -0.15) is 5.10 Å². The number of esters is 1. The number of pyridine rings is 2. The molecule has 2 saturated heterocycles. The van der Waals surface area contributed by atoms with Gasteiger partial charge in [-0.25, -0.2) is 14.5 Å². The molecule has 0 bridgehead atoms. The lowest BCUT2D eigenvalue weighted by molar-refractivity contribution is 0.0115. The van der Waals surface area contributed by atoms with Crippen LogP contribution in [-0.4, -0.2) is 82.7 Å². The van der Waals surface area contributed by atoms with E-state index in [9.17, 15) is 9.59 Å². The van der Waals surface area contributed by atoms with Crippen molar-refractivity contribution >= 4 is 22.7 Å². The van der Waals surface area contributed by atoms with Crippen LogP contribution in [0, 0.1) is 0 Å². The lowest BCUT2D eigenvalue weighted by Gasteiger charge is -2.41. The van der Waals surface area contributed by atoms with Crippen molar-refractivity contribution in [3.05, 3.63) is 46.1 Å². The minimum atomic E-state index is -0.447. The molecule has 0 atom stereocenters. The SMILES string of the molecule is CCOC(=O)c1cc(N2CCC(N3CCOCC3)CC2)c2c(C3CCC3)nn(-c3cc[nH]c(=O)c3)c2n1. The van der Waals surface area contributed by atoms with Gasteiger partial charge in [0.15, 0.2) is 11.3 Å². The smallest absolute Gasteiger partial charge is 0.357 e. The molecular weight excluding hydrogens is 472 g/mol. The number of hydrogen-bond donors (Lipinski definition) is 1. The van der Waals surface area contributed by atoms with Gasteiger partial charge in [-0.15, -0.1) is 0 Å². The lowest BCUT2D eigenvalue weighted by atomic mass is 9.82. The number of anilines is 1. The van der Waals surface area contributed by atoms with Crippen molar-refractivity contribution in [2.45, 2.75) is 51.0 Å². The Balaban J connectivity index is 1.44. The van der Waals surface area contributed by atoms with Gasteiger partial charge in [-0.1, -0.05) is 6.42 Å². The molecule has 6 rings (SSSR count). The first-order valence-corrected chi connectivity index (χ1v) is 13.5. The van der Waals surface area contributed by atoms with E-state index in [4.69, 9.17) is 19.6 Å². The summed E-state index contributed by atoms with van der Waals surface area (Å²) in [6.07, 6.45) is 7.07. The van der Waals surface area contributed by atoms with Gasteiger partial charge in [0, 0.05) is 50.4 Å². The molecule has 1 aliphatic carbocycles. The molecule has 2 aliphatic heterocycles. The van der Waals surface area contributed by atoms with Crippen molar-refractivity contribution in [3.8, 4) is 5.69 Å². The highest BCUT2D eigenvalue weighted by molar-refractivity contribution is 5.99. The van der Waals surface area contributed by atoms with Gasteiger partial charge in [0.1, 0.15) is 0 Å². The van der Waals surface area contributed by atoms with E-state index in [2.05, 4.69) is 14.8 Å². The van der Waals surface area contributed by atoms with Crippen LogP contribution >= 0.6 is 0 Å². The maximum atomic E-state index is 12.9. The Morgan fingerprint density at radius 3 is 2.59 bits per heavy atom. The average Bonchev–Trinajstić information content (AvgIpc) is 3.27. The van der Waals surface area contributed by atoms with Crippen LogP contribution < -0.4 is 10.5 Å². The predicted molar refractivity (Wildman–Crippen MR) is 140 cm³/mol. The lowest BCUT2D eigenvalue weighted by Crippen LogP contribution is -2.49. The first kappa shape index (κ1) is 24.1.